The number of ketones is 2. The summed E-state index contributed by atoms with van der Waals surface area (Å²) in [5.41, 5.74) is 3.71. The van der Waals surface area contributed by atoms with Gasteiger partial charge in [0.1, 0.15) is 0 Å². The minimum absolute atomic E-state index is 0.114. The molecule has 1 aliphatic rings. The summed E-state index contributed by atoms with van der Waals surface area (Å²) in [7, 11) is 0. The summed E-state index contributed by atoms with van der Waals surface area (Å²) in [6, 6.07) is 0. The van der Waals surface area contributed by atoms with Crippen molar-refractivity contribution in [1.29, 1.82) is 0 Å². The van der Waals surface area contributed by atoms with E-state index >= 15 is 0 Å². The molecule has 0 aromatic rings. The van der Waals surface area contributed by atoms with E-state index in [0.29, 0.717) is 0 Å². The first-order chi connectivity index (χ1) is 15.9. The van der Waals surface area contributed by atoms with E-state index in [0.717, 1.165) is 28.7 Å². The van der Waals surface area contributed by atoms with Crippen molar-refractivity contribution < 1.29 is 9.59 Å². The van der Waals surface area contributed by atoms with Crippen LogP contribution in [0.4, 0.5) is 0 Å². The number of hydrogen-bond donors (Lipinski definition) is 0. The third kappa shape index (κ3) is 13.5. The van der Waals surface area contributed by atoms with E-state index < -0.39 is 0 Å². The van der Waals surface area contributed by atoms with Crippen LogP contribution >= 0.6 is 0 Å². The highest BCUT2D eigenvalue weighted by molar-refractivity contribution is 6.00. The molecule has 0 atom stereocenters. The average molecular weight is 433 g/mol. The molecule has 0 aromatic carbocycles. The summed E-state index contributed by atoms with van der Waals surface area (Å²) in [6.07, 6.45) is 42.9. The van der Waals surface area contributed by atoms with Crippen LogP contribution in [0.3, 0.4) is 0 Å². The first kappa shape index (κ1) is 26.6. The van der Waals surface area contributed by atoms with Gasteiger partial charge in [-0.15, -0.1) is 12.8 Å². The van der Waals surface area contributed by atoms with Crippen LogP contribution in [0.15, 0.2) is 132 Å². The lowest BCUT2D eigenvalue weighted by atomic mass is 10.0. The van der Waals surface area contributed by atoms with Crippen molar-refractivity contribution in [1.82, 2.24) is 0 Å². The molecule has 0 amide bonds. The van der Waals surface area contributed by atoms with E-state index in [1.54, 1.807) is 50.3 Å². The number of rotatable bonds is 10. The molecule has 2 nitrogen and oxygen atoms in total. The van der Waals surface area contributed by atoms with Crippen molar-refractivity contribution in [2.45, 2.75) is 20.3 Å². The smallest absolute Gasteiger partial charge is 0.178 e. The van der Waals surface area contributed by atoms with Crippen LogP contribution in [0.2, 0.25) is 0 Å². The molecule has 0 N–H and O–H groups in total. The van der Waals surface area contributed by atoms with Gasteiger partial charge in [0.2, 0.25) is 0 Å². The van der Waals surface area contributed by atoms with Gasteiger partial charge in [-0.3, -0.25) is 9.59 Å². The molecule has 0 aliphatic heterocycles. The Hall–Kier alpha value is -4.40. The van der Waals surface area contributed by atoms with E-state index in [2.05, 4.69) is 11.8 Å². The summed E-state index contributed by atoms with van der Waals surface area (Å²) >= 11 is 0. The standard InChI is InChI=1S/C31H28O2/c1-5-26(3)15-13-23-30(32)21-11-9-19-28-17-7-8-18-29(25-28)20-10-12-22-31(33)24-14-16-27(4)6-2/h1-2,7-24H,25H2,3-4H3/b19-9+,20-10+,21-11+,22-12+,23-13+,24-14+,26-15-,27-16-. The molecular weight excluding hydrogens is 404 g/mol. The predicted molar refractivity (Wildman–Crippen MR) is 140 cm³/mol. The maximum atomic E-state index is 11.8. The fourth-order valence-corrected chi connectivity index (χ4v) is 2.38. The molecule has 2 heteroatoms. The molecule has 164 valence electrons. The first-order valence-corrected chi connectivity index (χ1v) is 10.4. The second-order valence-corrected chi connectivity index (χ2v) is 6.99. The quantitative estimate of drug-likeness (QED) is 0.226. The van der Waals surface area contributed by atoms with Crippen LogP contribution in [-0.4, -0.2) is 11.6 Å². The second kappa shape index (κ2) is 16.3. The Morgan fingerprint density at radius 2 is 1.09 bits per heavy atom. The Balaban J connectivity index is 2.60. The van der Waals surface area contributed by atoms with Gasteiger partial charge in [-0.1, -0.05) is 96.9 Å². The third-order valence-electron chi connectivity index (χ3n) is 4.17. The van der Waals surface area contributed by atoms with Crippen molar-refractivity contribution in [3.05, 3.63) is 132 Å². The van der Waals surface area contributed by atoms with Gasteiger partial charge in [-0.25, -0.2) is 0 Å². The lowest BCUT2D eigenvalue weighted by Crippen LogP contribution is -1.84. The highest BCUT2D eigenvalue weighted by Crippen LogP contribution is 2.17. The highest BCUT2D eigenvalue weighted by Gasteiger charge is 1.98. The van der Waals surface area contributed by atoms with Gasteiger partial charge in [0, 0.05) is 0 Å². The minimum Gasteiger partial charge on any atom is -0.290 e. The molecule has 0 bridgehead atoms. The topological polar surface area (TPSA) is 34.1 Å². The van der Waals surface area contributed by atoms with Crippen LogP contribution in [0.25, 0.3) is 0 Å². The molecule has 0 heterocycles. The number of terminal acetylenes is 2. The Labute approximate surface area is 197 Å². The van der Waals surface area contributed by atoms with Gasteiger partial charge >= 0.3 is 0 Å². The highest BCUT2D eigenvalue weighted by atomic mass is 16.1. The zero-order chi connectivity index (χ0) is 24.3. The van der Waals surface area contributed by atoms with Crippen LogP contribution in [0.5, 0.6) is 0 Å². The van der Waals surface area contributed by atoms with Gasteiger partial charge in [0.05, 0.1) is 0 Å². The maximum Gasteiger partial charge on any atom is 0.178 e. The zero-order valence-corrected chi connectivity index (χ0v) is 19.1. The van der Waals surface area contributed by atoms with Gasteiger partial charge in [-0.05, 0) is 66.9 Å². The molecule has 1 rings (SSSR count). The summed E-state index contributed by atoms with van der Waals surface area (Å²) < 4.78 is 0. The van der Waals surface area contributed by atoms with Crippen molar-refractivity contribution in [2.75, 3.05) is 0 Å². The van der Waals surface area contributed by atoms with Crippen LogP contribution in [0.1, 0.15) is 20.3 Å². The minimum atomic E-state index is -0.114. The van der Waals surface area contributed by atoms with Crippen LogP contribution in [0, 0.1) is 24.7 Å². The SMILES string of the molecule is C#C/C(C)=C\C=C\C(=O)/C=C/C=C/C1=CC=CC=C(/C=C/C=C/C(=O)/C=C/C=C(/C)C#C)C1. The lowest BCUT2D eigenvalue weighted by Gasteiger charge is -2.00. The Morgan fingerprint density at radius 3 is 1.48 bits per heavy atom. The molecule has 0 fully saturated rings. The van der Waals surface area contributed by atoms with Crippen molar-refractivity contribution in [3.63, 3.8) is 0 Å². The summed E-state index contributed by atoms with van der Waals surface area (Å²) in [4.78, 5) is 23.6. The lowest BCUT2D eigenvalue weighted by molar-refractivity contribution is -0.111. The van der Waals surface area contributed by atoms with Crippen molar-refractivity contribution in [2.24, 2.45) is 0 Å². The third-order valence-corrected chi connectivity index (χ3v) is 4.17. The average Bonchev–Trinajstić information content (AvgIpc) is 3.04. The normalized spacial score (nSPS) is 15.5. The molecular formula is C31H28O2. The van der Waals surface area contributed by atoms with Crippen LogP contribution in [-0.2, 0) is 9.59 Å². The van der Waals surface area contributed by atoms with Gasteiger partial charge in [-0.2, -0.15) is 0 Å². The molecule has 1 aliphatic carbocycles. The van der Waals surface area contributed by atoms with Gasteiger partial charge in [0.25, 0.3) is 0 Å². The summed E-state index contributed by atoms with van der Waals surface area (Å²) in [5.74, 6) is 4.75. The zero-order valence-electron chi connectivity index (χ0n) is 19.1. The largest absolute Gasteiger partial charge is 0.290 e. The van der Waals surface area contributed by atoms with Crippen molar-refractivity contribution in [3.8, 4) is 24.7 Å². The van der Waals surface area contributed by atoms with Crippen LogP contribution < -0.4 is 0 Å². The fourth-order valence-electron chi connectivity index (χ4n) is 2.38. The maximum absolute atomic E-state index is 11.8. The Bertz CT molecular complexity index is 1040. The number of allylic oxidation sites excluding steroid dienone is 22. The van der Waals surface area contributed by atoms with E-state index in [-0.39, 0.29) is 11.6 Å². The molecule has 0 unspecified atom stereocenters. The number of carbonyl (C=O) groups excluding carboxylic acids is 2. The monoisotopic (exact) mass is 432 g/mol. The van der Waals surface area contributed by atoms with Gasteiger partial charge < -0.3 is 0 Å². The molecule has 33 heavy (non-hydrogen) atoms. The molecule has 0 saturated carbocycles. The van der Waals surface area contributed by atoms with E-state index in [1.807, 2.05) is 48.6 Å². The predicted octanol–water partition coefficient (Wildman–Crippen LogP) is 6.43. The Kier molecular flexibility index (Phi) is 13.2. The van der Waals surface area contributed by atoms with E-state index in [4.69, 9.17) is 12.8 Å². The first-order valence-electron chi connectivity index (χ1n) is 10.4. The molecule has 0 saturated heterocycles. The molecule has 0 spiro atoms. The number of hydrogen-bond acceptors (Lipinski definition) is 2. The van der Waals surface area contributed by atoms with E-state index in [9.17, 15) is 9.59 Å². The van der Waals surface area contributed by atoms with Crippen molar-refractivity contribution >= 4 is 11.6 Å². The number of carbonyl (C=O) groups is 2. The second-order valence-electron chi connectivity index (χ2n) is 6.99. The Morgan fingerprint density at radius 1 is 0.697 bits per heavy atom. The fraction of sp³-hybridized carbons (Fsp3) is 0.0968. The van der Waals surface area contributed by atoms with Gasteiger partial charge in [0.15, 0.2) is 11.6 Å². The van der Waals surface area contributed by atoms with E-state index in [1.165, 1.54) is 24.3 Å². The summed E-state index contributed by atoms with van der Waals surface area (Å²) in [5, 5.41) is 0. The molecule has 0 aromatic heterocycles. The molecule has 0 radical (unpaired) electrons. The summed E-state index contributed by atoms with van der Waals surface area (Å²) in [6.45, 7) is 3.60.